The van der Waals surface area contributed by atoms with E-state index in [1.807, 2.05) is 6.07 Å². The van der Waals surface area contributed by atoms with Crippen molar-refractivity contribution < 1.29 is 29.4 Å². The Bertz CT molecular complexity index is 709. The number of carbonyl (C=O) groups is 4. The molecular weight excluding hydrogens is 352 g/mol. The van der Waals surface area contributed by atoms with Gasteiger partial charge in [0.05, 0.1) is 0 Å². The highest BCUT2D eigenvalue weighted by Crippen LogP contribution is 2.14. The van der Waals surface area contributed by atoms with Crippen LogP contribution in [0.15, 0.2) is 18.2 Å². The van der Waals surface area contributed by atoms with Crippen LogP contribution in [-0.4, -0.2) is 46.0 Å². The summed E-state index contributed by atoms with van der Waals surface area (Å²) in [6.07, 6.45) is -0.634. The van der Waals surface area contributed by atoms with Gasteiger partial charge < -0.3 is 20.8 Å². The van der Waals surface area contributed by atoms with Gasteiger partial charge in [-0.15, -0.1) is 0 Å². The second-order valence-corrected chi connectivity index (χ2v) is 6.79. The fourth-order valence-electron chi connectivity index (χ4n) is 2.71. The van der Waals surface area contributed by atoms with Crippen LogP contribution in [0.5, 0.6) is 0 Å². The molecule has 0 unspecified atom stereocenters. The minimum absolute atomic E-state index is 0.244. The molecule has 0 aliphatic heterocycles. The summed E-state index contributed by atoms with van der Waals surface area (Å²) in [4.78, 5) is 47.1. The zero-order chi connectivity index (χ0) is 20.7. The Hall–Kier alpha value is -2.90. The molecule has 1 aromatic rings. The van der Waals surface area contributed by atoms with Gasteiger partial charge in [0.2, 0.25) is 5.91 Å². The van der Waals surface area contributed by atoms with Gasteiger partial charge in [-0.25, -0.2) is 4.79 Å². The van der Waals surface area contributed by atoms with Gasteiger partial charge >= 0.3 is 11.9 Å². The monoisotopic (exact) mass is 378 g/mol. The molecule has 148 valence electrons. The van der Waals surface area contributed by atoms with E-state index in [0.29, 0.717) is 5.56 Å². The lowest BCUT2D eigenvalue weighted by Crippen LogP contribution is -2.53. The van der Waals surface area contributed by atoms with Crippen molar-refractivity contribution in [3.05, 3.63) is 34.9 Å². The number of nitrogens with one attached hydrogen (secondary N) is 2. The van der Waals surface area contributed by atoms with E-state index in [1.54, 1.807) is 39.8 Å². The van der Waals surface area contributed by atoms with Crippen molar-refractivity contribution in [2.45, 2.75) is 52.6 Å². The van der Waals surface area contributed by atoms with Gasteiger partial charge in [0.15, 0.2) is 0 Å². The van der Waals surface area contributed by atoms with E-state index in [-0.39, 0.29) is 12.3 Å². The Labute approximate surface area is 158 Å². The summed E-state index contributed by atoms with van der Waals surface area (Å²) >= 11 is 0. The molecule has 0 fully saturated rings. The molecule has 2 amide bonds. The number of carboxylic acid groups (broad SMARTS) is 2. The van der Waals surface area contributed by atoms with Crippen LogP contribution in [0.4, 0.5) is 0 Å². The predicted molar refractivity (Wildman–Crippen MR) is 98.4 cm³/mol. The molecule has 1 aromatic carbocycles. The molecule has 0 aliphatic rings. The summed E-state index contributed by atoms with van der Waals surface area (Å²) in [5.41, 5.74) is 2.00. The summed E-state index contributed by atoms with van der Waals surface area (Å²) in [7, 11) is 0. The van der Waals surface area contributed by atoms with Gasteiger partial charge in [-0.1, -0.05) is 32.0 Å². The average Bonchev–Trinajstić information content (AvgIpc) is 2.55. The molecule has 2 atom stereocenters. The van der Waals surface area contributed by atoms with Crippen molar-refractivity contribution in [1.82, 2.24) is 10.6 Å². The maximum atomic E-state index is 12.7. The second-order valence-electron chi connectivity index (χ2n) is 6.79. The normalized spacial score (nSPS) is 12.9. The quantitative estimate of drug-likeness (QED) is 0.515. The first-order chi connectivity index (χ1) is 12.5. The molecule has 0 saturated carbocycles. The zero-order valence-corrected chi connectivity index (χ0v) is 15.9. The van der Waals surface area contributed by atoms with Crippen LogP contribution in [0.3, 0.4) is 0 Å². The number of aliphatic carboxylic acids is 2. The van der Waals surface area contributed by atoms with Crippen molar-refractivity contribution >= 4 is 23.8 Å². The number of benzene rings is 1. The smallest absolute Gasteiger partial charge is 0.326 e. The Balaban J connectivity index is 2.93. The van der Waals surface area contributed by atoms with Gasteiger partial charge in [-0.3, -0.25) is 14.4 Å². The topological polar surface area (TPSA) is 133 Å². The molecule has 27 heavy (non-hydrogen) atoms. The molecule has 8 heteroatoms. The molecule has 8 nitrogen and oxygen atoms in total. The van der Waals surface area contributed by atoms with Crippen molar-refractivity contribution in [3.63, 3.8) is 0 Å². The van der Waals surface area contributed by atoms with E-state index < -0.39 is 42.3 Å². The third kappa shape index (κ3) is 6.40. The third-order valence-electron chi connectivity index (χ3n) is 4.21. The average molecular weight is 378 g/mol. The lowest BCUT2D eigenvalue weighted by atomic mass is 9.99. The maximum absolute atomic E-state index is 12.7. The van der Waals surface area contributed by atoms with Crippen LogP contribution in [-0.2, 0) is 14.4 Å². The highest BCUT2D eigenvalue weighted by molar-refractivity contribution is 6.00. The number of carboxylic acids is 2. The minimum Gasteiger partial charge on any atom is -0.481 e. The van der Waals surface area contributed by atoms with Gasteiger partial charge in [0, 0.05) is 12.0 Å². The molecule has 1 rings (SSSR count). The molecular formula is C19H26N2O6. The molecule has 4 N–H and O–H groups in total. The van der Waals surface area contributed by atoms with Crippen molar-refractivity contribution in [2.75, 3.05) is 0 Å². The molecule has 0 aromatic heterocycles. The molecule has 0 radical (unpaired) electrons. The first kappa shape index (κ1) is 22.1. The van der Waals surface area contributed by atoms with Crippen LogP contribution in [0.2, 0.25) is 0 Å². The van der Waals surface area contributed by atoms with E-state index in [0.717, 1.165) is 11.1 Å². The number of hydrogen-bond donors (Lipinski definition) is 4. The largest absolute Gasteiger partial charge is 0.481 e. The summed E-state index contributed by atoms with van der Waals surface area (Å²) < 4.78 is 0. The summed E-state index contributed by atoms with van der Waals surface area (Å²) in [5.74, 6) is -3.86. The van der Waals surface area contributed by atoms with Crippen LogP contribution >= 0.6 is 0 Å². The van der Waals surface area contributed by atoms with Gasteiger partial charge in [0.25, 0.3) is 5.91 Å². The highest BCUT2D eigenvalue weighted by atomic mass is 16.4. The number of carbonyl (C=O) groups excluding carboxylic acids is 2. The van der Waals surface area contributed by atoms with E-state index in [4.69, 9.17) is 5.11 Å². The van der Waals surface area contributed by atoms with Crippen molar-refractivity contribution in [1.29, 1.82) is 0 Å². The molecule has 0 aliphatic carbocycles. The van der Waals surface area contributed by atoms with Gasteiger partial charge in [-0.2, -0.15) is 0 Å². The fourth-order valence-corrected chi connectivity index (χ4v) is 2.71. The number of aryl methyl sites for hydroxylation is 2. The van der Waals surface area contributed by atoms with Crippen molar-refractivity contribution in [2.24, 2.45) is 5.92 Å². The third-order valence-corrected chi connectivity index (χ3v) is 4.21. The molecule has 0 bridgehead atoms. The van der Waals surface area contributed by atoms with E-state index >= 15 is 0 Å². The van der Waals surface area contributed by atoms with Crippen LogP contribution in [0, 0.1) is 19.8 Å². The summed E-state index contributed by atoms with van der Waals surface area (Å²) in [5, 5.41) is 22.9. The first-order valence-corrected chi connectivity index (χ1v) is 8.66. The standard InChI is InChI=1S/C19H26N2O6/c1-10(2)16(18(25)20-13(19(26)27)8-9-14(22)23)21-17(24)15-11(3)6-5-7-12(15)4/h5-7,10,13,16H,8-9H2,1-4H3,(H,20,25)(H,21,24)(H,22,23)(H,26,27)/t13-,16+/m1/s1. The van der Waals surface area contributed by atoms with Crippen LogP contribution < -0.4 is 10.6 Å². The van der Waals surface area contributed by atoms with E-state index in [1.165, 1.54) is 0 Å². The lowest BCUT2D eigenvalue weighted by Gasteiger charge is -2.24. The second kappa shape index (κ2) is 9.70. The summed E-state index contributed by atoms with van der Waals surface area (Å²) in [6, 6.07) is 3.11. The molecule has 0 saturated heterocycles. The maximum Gasteiger partial charge on any atom is 0.326 e. The van der Waals surface area contributed by atoms with E-state index in [2.05, 4.69) is 10.6 Å². The zero-order valence-electron chi connectivity index (χ0n) is 15.9. The van der Waals surface area contributed by atoms with Crippen LogP contribution in [0.25, 0.3) is 0 Å². The van der Waals surface area contributed by atoms with E-state index in [9.17, 15) is 24.3 Å². The highest BCUT2D eigenvalue weighted by Gasteiger charge is 2.29. The van der Waals surface area contributed by atoms with Gasteiger partial charge in [-0.05, 0) is 37.3 Å². The Morgan fingerprint density at radius 3 is 2.00 bits per heavy atom. The molecule has 0 spiro atoms. The molecule has 0 heterocycles. The summed E-state index contributed by atoms with van der Waals surface area (Å²) in [6.45, 7) is 7.03. The SMILES string of the molecule is Cc1cccc(C)c1C(=O)N[C@H](C(=O)N[C@H](CCC(=O)O)C(=O)O)C(C)C. The number of hydrogen-bond acceptors (Lipinski definition) is 4. The predicted octanol–water partition coefficient (Wildman–Crippen LogP) is 1.49. The Morgan fingerprint density at radius 1 is 1.00 bits per heavy atom. The number of amides is 2. The Kier molecular flexibility index (Phi) is 7.96. The fraction of sp³-hybridized carbons (Fsp3) is 0.474. The lowest BCUT2D eigenvalue weighted by molar-refractivity contribution is -0.143. The first-order valence-electron chi connectivity index (χ1n) is 8.66. The van der Waals surface area contributed by atoms with Gasteiger partial charge in [0.1, 0.15) is 12.1 Å². The van der Waals surface area contributed by atoms with Crippen LogP contribution in [0.1, 0.15) is 48.2 Å². The van der Waals surface area contributed by atoms with Crippen molar-refractivity contribution in [3.8, 4) is 0 Å². The minimum atomic E-state index is -1.34. The number of rotatable bonds is 9. The Morgan fingerprint density at radius 2 is 1.56 bits per heavy atom.